The summed E-state index contributed by atoms with van der Waals surface area (Å²) in [6.07, 6.45) is 2.74. The van der Waals surface area contributed by atoms with Crippen LogP contribution in [-0.4, -0.2) is 265 Å². The molecule has 512 valence electrons. The van der Waals surface area contributed by atoms with Crippen molar-refractivity contribution in [1.82, 2.24) is 60.5 Å². The van der Waals surface area contributed by atoms with Crippen molar-refractivity contribution < 1.29 is 62.2 Å². The lowest BCUT2D eigenvalue weighted by atomic mass is 9.92. The zero-order valence-corrected chi connectivity index (χ0v) is 58.6. The van der Waals surface area contributed by atoms with Crippen molar-refractivity contribution in [1.29, 1.82) is 0 Å². The quantitative estimate of drug-likeness (QED) is 0.182. The van der Waals surface area contributed by atoms with Crippen LogP contribution in [0.2, 0.25) is 0 Å². The number of morpholine rings is 1. The maximum Gasteiger partial charge on any atom is 0.248 e. The minimum atomic E-state index is -1.34. The Balaban J connectivity index is 2.33. The summed E-state index contributed by atoms with van der Waals surface area (Å²) in [6.45, 7) is 30.5. The summed E-state index contributed by atoms with van der Waals surface area (Å²) in [6, 6.07) is -13.4. The molecule has 3 fully saturated rings. The van der Waals surface area contributed by atoms with E-state index in [1.807, 2.05) is 74.5 Å². The number of ether oxygens (including phenoxy) is 2. The molecular formula is C65H114N12O13. The number of hydrogen-bond donors (Lipinski definition) is 4. The zero-order valence-electron chi connectivity index (χ0n) is 58.6. The standard InChI is InChI=1S/C65H114N12O13/c1-24-26-27-40(11)54-53-58(81)68-46(25-2)61(84)70(17)44(15)60(83)74(21)51(41(12)35-77-28-30-89-31-29-77)57(80)69-50(39(9)10)64(87)71(18)47(32-36(3)4)56(79)66-42(13)55(78)67-43(14)59(82)72(19)48(33-37(5)6)62(85)73(20)49(34-38(7)8)63(86)75(22)52(45(16)90-54)65(88)76(53)23/h24,26,36-54H,25,27-35H2,1-23H3,(H,66,79)(H,67,78)(H,68,81)(H,69,80)/b26-24+/t40-,41-,42+,43-,44-,45?,46+,47+,48+,49+,50+,51+,52+,53+,54-/m1/s1. The Morgan fingerprint density at radius 3 is 1.49 bits per heavy atom. The smallest absolute Gasteiger partial charge is 0.248 e. The number of hydrogen-bond acceptors (Lipinski definition) is 14. The highest BCUT2D eigenvalue weighted by Gasteiger charge is 2.51. The first kappa shape index (κ1) is 78.0. The molecule has 0 radical (unpaired) electrons. The third-order valence-electron chi connectivity index (χ3n) is 18.1. The fourth-order valence-corrected chi connectivity index (χ4v) is 12.4. The molecule has 25 nitrogen and oxygen atoms in total. The summed E-state index contributed by atoms with van der Waals surface area (Å²) in [5, 5.41) is 11.3. The van der Waals surface area contributed by atoms with Gasteiger partial charge in [0, 0.05) is 69.0 Å². The van der Waals surface area contributed by atoms with Gasteiger partial charge in [-0.15, -0.1) is 0 Å². The van der Waals surface area contributed by atoms with Gasteiger partial charge in [0.25, 0.3) is 0 Å². The number of allylic oxidation sites excluding steroid dienone is 2. The summed E-state index contributed by atoms with van der Waals surface area (Å²) in [7, 11) is 10.2. The molecule has 3 aliphatic rings. The topological polar surface area (TPSA) is 280 Å². The molecule has 3 heterocycles. The van der Waals surface area contributed by atoms with Gasteiger partial charge in [0.05, 0.1) is 25.4 Å². The minimum absolute atomic E-state index is 0.0604. The van der Waals surface area contributed by atoms with E-state index in [0.717, 1.165) is 0 Å². The third-order valence-corrected chi connectivity index (χ3v) is 18.1. The van der Waals surface area contributed by atoms with Gasteiger partial charge in [-0.2, -0.15) is 0 Å². The van der Waals surface area contributed by atoms with E-state index in [0.29, 0.717) is 39.3 Å². The molecule has 1 unspecified atom stereocenters. The molecule has 3 rings (SSSR count). The van der Waals surface area contributed by atoms with Crippen molar-refractivity contribution in [3.8, 4) is 0 Å². The summed E-state index contributed by atoms with van der Waals surface area (Å²) < 4.78 is 12.4. The molecular weight excluding hydrogens is 1160 g/mol. The second kappa shape index (κ2) is 35.0. The Hall–Kier alpha value is -6.21. The lowest BCUT2D eigenvalue weighted by Gasteiger charge is -2.39. The molecule has 0 aromatic rings. The van der Waals surface area contributed by atoms with Crippen LogP contribution in [0.3, 0.4) is 0 Å². The predicted octanol–water partition coefficient (Wildman–Crippen LogP) is 2.35. The van der Waals surface area contributed by atoms with E-state index in [1.165, 1.54) is 104 Å². The van der Waals surface area contributed by atoms with Gasteiger partial charge in [-0.05, 0) is 102 Å². The molecule has 15 atom stereocenters. The normalized spacial score (nSPS) is 30.3. The Labute approximate surface area is 537 Å². The number of nitrogens with zero attached hydrogens (tertiary/aromatic N) is 8. The van der Waals surface area contributed by atoms with Crippen LogP contribution < -0.4 is 21.3 Å². The van der Waals surface area contributed by atoms with Gasteiger partial charge in [0.15, 0.2) is 0 Å². The predicted molar refractivity (Wildman–Crippen MR) is 343 cm³/mol. The molecule has 4 N–H and O–H groups in total. The van der Waals surface area contributed by atoms with Crippen LogP contribution in [0.5, 0.6) is 0 Å². The minimum Gasteiger partial charge on any atom is -0.379 e. The van der Waals surface area contributed by atoms with Gasteiger partial charge in [-0.25, -0.2) is 0 Å². The van der Waals surface area contributed by atoms with Crippen molar-refractivity contribution in [3.63, 3.8) is 0 Å². The van der Waals surface area contributed by atoms with Crippen LogP contribution in [0.15, 0.2) is 12.2 Å². The molecule has 0 saturated carbocycles. The van der Waals surface area contributed by atoms with E-state index >= 15 is 24.0 Å². The van der Waals surface area contributed by atoms with Crippen molar-refractivity contribution in [3.05, 3.63) is 12.2 Å². The Morgan fingerprint density at radius 2 is 0.978 bits per heavy atom. The average molecular weight is 1270 g/mol. The lowest BCUT2D eigenvalue weighted by Crippen LogP contribution is -2.63. The summed E-state index contributed by atoms with van der Waals surface area (Å²) in [5.41, 5.74) is 0. The van der Waals surface area contributed by atoms with Gasteiger partial charge >= 0.3 is 0 Å². The number of carbonyl (C=O) groups is 11. The van der Waals surface area contributed by atoms with E-state index in [-0.39, 0.29) is 43.4 Å². The maximum atomic E-state index is 15.2. The van der Waals surface area contributed by atoms with Gasteiger partial charge in [-0.3, -0.25) is 57.6 Å². The highest BCUT2D eigenvalue weighted by Crippen LogP contribution is 2.30. The summed E-state index contributed by atoms with van der Waals surface area (Å²) >= 11 is 0. The first-order valence-corrected chi connectivity index (χ1v) is 32.5. The number of nitrogens with one attached hydrogen (secondary N) is 4. The number of rotatable bonds is 14. The van der Waals surface area contributed by atoms with E-state index in [4.69, 9.17) is 9.47 Å². The van der Waals surface area contributed by atoms with Crippen LogP contribution >= 0.6 is 0 Å². The van der Waals surface area contributed by atoms with Gasteiger partial charge in [0.1, 0.15) is 66.5 Å². The van der Waals surface area contributed by atoms with Crippen LogP contribution in [0.25, 0.3) is 0 Å². The number of likely N-dealkylation sites (N-methyl/N-ethyl adjacent to an activating group) is 7. The maximum absolute atomic E-state index is 15.2. The summed E-state index contributed by atoms with van der Waals surface area (Å²) in [4.78, 5) is 174. The largest absolute Gasteiger partial charge is 0.379 e. The van der Waals surface area contributed by atoms with Crippen molar-refractivity contribution in [2.24, 2.45) is 35.5 Å². The number of carbonyl (C=O) groups excluding carboxylic acids is 11. The Morgan fingerprint density at radius 1 is 0.489 bits per heavy atom. The second-order valence-electron chi connectivity index (χ2n) is 27.2. The van der Waals surface area contributed by atoms with E-state index in [2.05, 4.69) is 26.2 Å². The highest BCUT2D eigenvalue weighted by atomic mass is 16.5. The SMILES string of the molecule is C/C=C/C[C@@H](C)[C@H]1OC(C)[C@H]2C(=O)N(C)[C@@H]1C(=O)N[C@@H](CC)C(=O)N(C)[C@H](C)C(=O)N(C)[C@@H]([C@H](C)CN1CCOCC1)C(=O)N[C@@H](C(C)C)C(=O)N(C)[C@@H](CC(C)C)C(=O)N[C@@H](C)C(=O)N[C@H](C)C(=O)N(C)[C@@H](CC(C)C)C(=O)N(C)[C@@H](CC(C)C)C(=O)N2C. The van der Waals surface area contributed by atoms with Gasteiger partial charge in [0.2, 0.25) is 65.0 Å². The summed E-state index contributed by atoms with van der Waals surface area (Å²) in [5.74, 6) is -9.02. The number of amides is 11. The van der Waals surface area contributed by atoms with Crippen LogP contribution in [0.4, 0.5) is 0 Å². The third kappa shape index (κ3) is 19.9. The van der Waals surface area contributed by atoms with Crippen molar-refractivity contribution in [2.75, 3.05) is 82.2 Å². The molecule has 0 spiro atoms. The molecule has 0 aliphatic carbocycles. The first-order valence-electron chi connectivity index (χ1n) is 32.5. The highest BCUT2D eigenvalue weighted by molar-refractivity contribution is 6.00. The van der Waals surface area contributed by atoms with Crippen LogP contribution in [0.1, 0.15) is 143 Å². The second-order valence-corrected chi connectivity index (χ2v) is 27.2. The van der Waals surface area contributed by atoms with E-state index < -0.39 is 161 Å². The van der Waals surface area contributed by atoms with Gasteiger partial charge in [-0.1, -0.05) is 88.3 Å². The Bertz CT molecular complexity index is 2520. The molecule has 2 bridgehead atoms. The molecule has 0 aromatic heterocycles. The fourth-order valence-electron chi connectivity index (χ4n) is 12.4. The first-order chi connectivity index (χ1) is 41.9. The average Bonchev–Trinajstić information content (AvgIpc) is 1.56. The number of fused-ring (bicyclic) bond motifs is 3. The Kier molecular flexibility index (Phi) is 30.3. The van der Waals surface area contributed by atoms with E-state index in [9.17, 15) is 28.8 Å². The van der Waals surface area contributed by atoms with E-state index in [1.54, 1.807) is 27.7 Å². The van der Waals surface area contributed by atoms with Crippen LogP contribution in [0, 0.1) is 35.5 Å². The monoisotopic (exact) mass is 1270 g/mol. The molecule has 90 heavy (non-hydrogen) atoms. The lowest BCUT2D eigenvalue weighted by molar-refractivity contribution is -0.155. The van der Waals surface area contributed by atoms with Crippen LogP contribution in [-0.2, 0) is 62.2 Å². The van der Waals surface area contributed by atoms with Crippen molar-refractivity contribution >= 4 is 65.0 Å². The molecule has 3 saturated heterocycles. The fraction of sp³-hybridized carbons (Fsp3) is 0.800. The van der Waals surface area contributed by atoms with Gasteiger partial charge < -0.3 is 65.0 Å². The molecule has 25 heteroatoms. The molecule has 11 amide bonds. The zero-order chi connectivity index (χ0) is 68.7. The van der Waals surface area contributed by atoms with Crippen molar-refractivity contribution in [2.45, 2.75) is 222 Å². The molecule has 0 aromatic carbocycles. The molecule has 3 aliphatic heterocycles.